The maximum Gasteiger partial charge on any atom is 0.222 e. The molecule has 2 aliphatic rings. The smallest absolute Gasteiger partial charge is 0.222 e. The zero-order valence-corrected chi connectivity index (χ0v) is 16.9. The number of piperidine rings is 1. The molecule has 2 rings (SSSR count). The van der Waals surface area contributed by atoms with Gasteiger partial charge in [-0.3, -0.25) is 9.69 Å². The van der Waals surface area contributed by atoms with Gasteiger partial charge in [-0.25, -0.2) is 0 Å². The Kier molecular flexibility index (Phi) is 10.6. The summed E-state index contributed by atoms with van der Waals surface area (Å²) in [5, 5.41) is 0. The van der Waals surface area contributed by atoms with Gasteiger partial charge in [0.15, 0.2) is 0 Å². The molecule has 0 spiro atoms. The van der Waals surface area contributed by atoms with E-state index in [4.69, 9.17) is 0 Å². The first kappa shape index (κ1) is 21.4. The molecular formula is C20H41N3O. The highest BCUT2D eigenvalue weighted by Gasteiger charge is 2.22. The number of carbonyl (C=O) groups excluding carboxylic acids is 1. The summed E-state index contributed by atoms with van der Waals surface area (Å²) in [5.41, 5.74) is 0. The molecule has 0 N–H and O–H groups in total. The molecule has 0 saturated carbocycles. The molecule has 0 aromatic rings. The van der Waals surface area contributed by atoms with Crippen molar-refractivity contribution in [2.75, 3.05) is 45.8 Å². The van der Waals surface area contributed by atoms with Gasteiger partial charge in [-0.2, -0.15) is 0 Å². The van der Waals surface area contributed by atoms with Crippen molar-refractivity contribution >= 4 is 5.91 Å². The largest absolute Gasteiger partial charge is 0.340 e. The molecule has 2 aliphatic heterocycles. The SMILES string of the molecule is CC.CCC(=O)N1CCN(CCCC2CCN(C(C)C)CC2)CC1. The molecule has 4 nitrogen and oxygen atoms in total. The normalized spacial score (nSPS) is 20.8. The number of carbonyl (C=O) groups is 1. The Morgan fingerprint density at radius 3 is 2.08 bits per heavy atom. The highest BCUT2D eigenvalue weighted by atomic mass is 16.2. The number of amides is 1. The Balaban J connectivity index is 0.00000139. The number of piperazine rings is 1. The van der Waals surface area contributed by atoms with Gasteiger partial charge < -0.3 is 9.80 Å². The molecule has 2 heterocycles. The molecule has 24 heavy (non-hydrogen) atoms. The topological polar surface area (TPSA) is 26.8 Å². The first-order chi connectivity index (χ1) is 11.6. The molecule has 142 valence electrons. The van der Waals surface area contributed by atoms with Crippen molar-refractivity contribution in [1.82, 2.24) is 14.7 Å². The number of hydrogen-bond acceptors (Lipinski definition) is 3. The molecule has 2 fully saturated rings. The molecule has 0 radical (unpaired) electrons. The second-order valence-corrected chi connectivity index (χ2v) is 7.29. The minimum atomic E-state index is 0.316. The van der Waals surface area contributed by atoms with Gasteiger partial charge in [0, 0.05) is 38.6 Å². The fourth-order valence-corrected chi connectivity index (χ4v) is 3.81. The molecular weight excluding hydrogens is 298 g/mol. The first-order valence-corrected chi connectivity index (χ1v) is 10.3. The standard InChI is InChI=1S/C18H35N3O.C2H6/c1-4-18(22)21-14-12-19(13-15-21)9-5-6-17-7-10-20(11-8-17)16(2)3;1-2/h16-17H,4-15H2,1-3H3;1-2H3. The van der Waals surface area contributed by atoms with E-state index in [0.29, 0.717) is 18.4 Å². The van der Waals surface area contributed by atoms with Gasteiger partial charge in [-0.15, -0.1) is 0 Å². The monoisotopic (exact) mass is 339 g/mol. The molecule has 1 amide bonds. The van der Waals surface area contributed by atoms with E-state index in [1.165, 1.54) is 45.3 Å². The first-order valence-electron chi connectivity index (χ1n) is 10.3. The van der Waals surface area contributed by atoms with Crippen LogP contribution in [0.15, 0.2) is 0 Å². The number of rotatable bonds is 6. The molecule has 2 saturated heterocycles. The summed E-state index contributed by atoms with van der Waals surface area (Å²) in [6.45, 7) is 18.4. The highest BCUT2D eigenvalue weighted by molar-refractivity contribution is 5.75. The van der Waals surface area contributed by atoms with Crippen LogP contribution < -0.4 is 0 Å². The average molecular weight is 340 g/mol. The Morgan fingerprint density at radius 1 is 1.00 bits per heavy atom. The van der Waals surface area contributed by atoms with Gasteiger partial charge in [0.2, 0.25) is 5.91 Å². The van der Waals surface area contributed by atoms with Crippen molar-refractivity contribution < 1.29 is 4.79 Å². The predicted molar refractivity (Wildman–Crippen MR) is 103 cm³/mol. The lowest BCUT2D eigenvalue weighted by molar-refractivity contribution is -0.132. The molecule has 0 unspecified atom stereocenters. The van der Waals surface area contributed by atoms with Gasteiger partial charge >= 0.3 is 0 Å². The van der Waals surface area contributed by atoms with E-state index in [1.54, 1.807) is 0 Å². The molecule has 4 heteroatoms. The van der Waals surface area contributed by atoms with Crippen molar-refractivity contribution in [3.05, 3.63) is 0 Å². The van der Waals surface area contributed by atoms with Crippen molar-refractivity contribution in [1.29, 1.82) is 0 Å². The lowest BCUT2D eigenvalue weighted by Gasteiger charge is -2.36. The Hall–Kier alpha value is -0.610. The predicted octanol–water partition coefficient (Wildman–Crippen LogP) is 3.47. The minimum absolute atomic E-state index is 0.316. The van der Waals surface area contributed by atoms with E-state index in [-0.39, 0.29) is 0 Å². The zero-order valence-electron chi connectivity index (χ0n) is 16.9. The summed E-state index contributed by atoms with van der Waals surface area (Å²) in [6.07, 6.45) is 6.14. The van der Waals surface area contributed by atoms with E-state index >= 15 is 0 Å². The fourth-order valence-electron chi connectivity index (χ4n) is 3.81. The Bertz CT molecular complexity index is 330. The molecule has 0 aromatic heterocycles. The zero-order chi connectivity index (χ0) is 17.9. The van der Waals surface area contributed by atoms with Crippen LogP contribution in [0.1, 0.15) is 66.7 Å². The maximum absolute atomic E-state index is 11.7. The summed E-state index contributed by atoms with van der Waals surface area (Å²) < 4.78 is 0. The van der Waals surface area contributed by atoms with Crippen LogP contribution in [-0.2, 0) is 4.79 Å². The number of nitrogens with zero attached hydrogens (tertiary/aromatic N) is 3. The van der Waals surface area contributed by atoms with E-state index < -0.39 is 0 Å². The van der Waals surface area contributed by atoms with E-state index in [9.17, 15) is 4.79 Å². The average Bonchev–Trinajstić information content (AvgIpc) is 2.63. The lowest BCUT2D eigenvalue weighted by Crippen LogP contribution is -2.48. The second-order valence-electron chi connectivity index (χ2n) is 7.29. The van der Waals surface area contributed by atoms with E-state index in [2.05, 4.69) is 23.6 Å². The van der Waals surface area contributed by atoms with Crippen molar-refractivity contribution in [3.63, 3.8) is 0 Å². The van der Waals surface area contributed by atoms with Crippen LogP contribution in [0.4, 0.5) is 0 Å². The number of likely N-dealkylation sites (tertiary alicyclic amines) is 1. The summed E-state index contributed by atoms with van der Waals surface area (Å²) in [6, 6.07) is 0.711. The van der Waals surface area contributed by atoms with Gasteiger partial charge in [0.1, 0.15) is 0 Å². The number of hydrogen-bond donors (Lipinski definition) is 0. The molecule has 0 bridgehead atoms. The van der Waals surface area contributed by atoms with Crippen LogP contribution in [0.25, 0.3) is 0 Å². The van der Waals surface area contributed by atoms with Crippen LogP contribution in [0, 0.1) is 5.92 Å². The Morgan fingerprint density at radius 2 is 1.58 bits per heavy atom. The van der Waals surface area contributed by atoms with Gasteiger partial charge in [0.05, 0.1) is 0 Å². The molecule has 0 aromatic carbocycles. The third kappa shape index (κ3) is 7.10. The van der Waals surface area contributed by atoms with E-state index in [1.807, 2.05) is 25.7 Å². The summed E-state index contributed by atoms with van der Waals surface area (Å²) >= 11 is 0. The quantitative estimate of drug-likeness (QED) is 0.741. The highest BCUT2D eigenvalue weighted by Crippen LogP contribution is 2.23. The van der Waals surface area contributed by atoms with Crippen LogP contribution in [0.2, 0.25) is 0 Å². The third-order valence-corrected chi connectivity index (χ3v) is 5.49. The Labute approximate surface area is 150 Å². The van der Waals surface area contributed by atoms with Crippen molar-refractivity contribution in [2.24, 2.45) is 5.92 Å². The van der Waals surface area contributed by atoms with Gasteiger partial charge in [-0.1, -0.05) is 20.8 Å². The second kappa shape index (κ2) is 11.9. The van der Waals surface area contributed by atoms with Crippen LogP contribution >= 0.6 is 0 Å². The maximum atomic E-state index is 11.7. The molecule has 0 aliphatic carbocycles. The van der Waals surface area contributed by atoms with Gasteiger partial charge in [0.25, 0.3) is 0 Å². The summed E-state index contributed by atoms with van der Waals surface area (Å²) in [4.78, 5) is 18.9. The van der Waals surface area contributed by atoms with Gasteiger partial charge in [-0.05, 0) is 65.1 Å². The van der Waals surface area contributed by atoms with Crippen LogP contribution in [0.5, 0.6) is 0 Å². The summed E-state index contributed by atoms with van der Waals surface area (Å²) in [5.74, 6) is 1.26. The fraction of sp³-hybridized carbons (Fsp3) is 0.950. The third-order valence-electron chi connectivity index (χ3n) is 5.49. The molecule has 0 atom stereocenters. The van der Waals surface area contributed by atoms with E-state index in [0.717, 1.165) is 32.1 Å². The van der Waals surface area contributed by atoms with Crippen LogP contribution in [0.3, 0.4) is 0 Å². The summed E-state index contributed by atoms with van der Waals surface area (Å²) in [7, 11) is 0. The van der Waals surface area contributed by atoms with Crippen molar-refractivity contribution in [2.45, 2.75) is 72.8 Å². The lowest BCUT2D eigenvalue weighted by atomic mass is 9.91. The minimum Gasteiger partial charge on any atom is -0.340 e. The van der Waals surface area contributed by atoms with Crippen LogP contribution in [-0.4, -0.2) is 72.5 Å². The van der Waals surface area contributed by atoms with Crippen molar-refractivity contribution in [3.8, 4) is 0 Å².